The standard InChI is InChI=1S/C11H11NO2/c1-7-3-8(2)10(6-12)4-9(7)5-11(13)14/h3-4H,5H2,1-2H3,(H,13,14). The Morgan fingerprint density at radius 1 is 1.43 bits per heavy atom. The molecule has 0 heterocycles. The fraction of sp³-hybridized carbons (Fsp3) is 0.273. The largest absolute Gasteiger partial charge is 0.481 e. The number of carboxylic acid groups (broad SMARTS) is 1. The van der Waals surface area contributed by atoms with E-state index < -0.39 is 5.97 Å². The number of aliphatic carboxylic acids is 1. The van der Waals surface area contributed by atoms with E-state index in [-0.39, 0.29) is 6.42 Å². The highest BCUT2D eigenvalue weighted by Crippen LogP contribution is 2.15. The van der Waals surface area contributed by atoms with E-state index in [0.29, 0.717) is 11.1 Å². The number of nitrogens with zero attached hydrogens (tertiary/aromatic N) is 1. The molecule has 0 radical (unpaired) electrons. The van der Waals surface area contributed by atoms with E-state index in [9.17, 15) is 4.79 Å². The minimum absolute atomic E-state index is 0.0270. The second-order valence-electron chi connectivity index (χ2n) is 3.28. The number of aryl methyl sites for hydroxylation is 2. The first-order valence-electron chi connectivity index (χ1n) is 4.26. The number of rotatable bonds is 2. The van der Waals surface area contributed by atoms with Gasteiger partial charge in [0.25, 0.3) is 0 Å². The SMILES string of the molecule is Cc1cc(C)c(CC(=O)O)cc1C#N. The molecule has 0 aliphatic rings. The van der Waals surface area contributed by atoms with Gasteiger partial charge in [-0.25, -0.2) is 0 Å². The summed E-state index contributed by atoms with van der Waals surface area (Å²) in [4.78, 5) is 10.5. The molecule has 14 heavy (non-hydrogen) atoms. The van der Waals surface area contributed by atoms with Gasteiger partial charge < -0.3 is 5.11 Å². The summed E-state index contributed by atoms with van der Waals surface area (Å²) in [6.07, 6.45) is -0.0270. The van der Waals surface area contributed by atoms with Crippen LogP contribution in [0.25, 0.3) is 0 Å². The Balaban J connectivity index is 3.19. The molecule has 0 saturated heterocycles. The molecule has 72 valence electrons. The lowest BCUT2D eigenvalue weighted by Crippen LogP contribution is -2.03. The van der Waals surface area contributed by atoms with Crippen LogP contribution in [-0.2, 0) is 11.2 Å². The summed E-state index contributed by atoms with van der Waals surface area (Å²) >= 11 is 0. The Labute approximate surface area is 82.6 Å². The van der Waals surface area contributed by atoms with Crippen molar-refractivity contribution in [2.45, 2.75) is 20.3 Å². The van der Waals surface area contributed by atoms with E-state index in [2.05, 4.69) is 0 Å². The molecule has 0 amide bonds. The van der Waals surface area contributed by atoms with Gasteiger partial charge in [-0.15, -0.1) is 0 Å². The lowest BCUT2D eigenvalue weighted by Gasteiger charge is -2.05. The smallest absolute Gasteiger partial charge is 0.307 e. The molecular formula is C11H11NO2. The van der Waals surface area contributed by atoms with Crippen LogP contribution in [0.2, 0.25) is 0 Å². The summed E-state index contributed by atoms with van der Waals surface area (Å²) < 4.78 is 0. The third-order valence-corrected chi connectivity index (χ3v) is 2.15. The summed E-state index contributed by atoms with van der Waals surface area (Å²) in [7, 11) is 0. The average Bonchev–Trinajstić information content (AvgIpc) is 2.09. The first-order valence-corrected chi connectivity index (χ1v) is 4.26. The summed E-state index contributed by atoms with van der Waals surface area (Å²) in [5.41, 5.74) is 3.06. The molecule has 0 aliphatic carbocycles. The van der Waals surface area contributed by atoms with Crippen LogP contribution in [0.15, 0.2) is 12.1 Å². The normalized spacial score (nSPS) is 9.50. The van der Waals surface area contributed by atoms with Gasteiger partial charge in [0.2, 0.25) is 0 Å². The molecule has 1 aromatic rings. The Morgan fingerprint density at radius 3 is 2.57 bits per heavy atom. The molecule has 0 saturated carbocycles. The lowest BCUT2D eigenvalue weighted by molar-refractivity contribution is -0.136. The zero-order valence-corrected chi connectivity index (χ0v) is 8.16. The molecule has 0 aliphatic heterocycles. The van der Waals surface area contributed by atoms with Crippen LogP contribution in [0.3, 0.4) is 0 Å². The number of hydrogen-bond donors (Lipinski definition) is 1. The topological polar surface area (TPSA) is 61.1 Å². The molecule has 1 N–H and O–H groups in total. The first-order chi connectivity index (χ1) is 6.54. The predicted octanol–water partition coefficient (Wildman–Crippen LogP) is 1.80. The van der Waals surface area contributed by atoms with Crippen molar-refractivity contribution in [3.05, 3.63) is 34.4 Å². The van der Waals surface area contributed by atoms with Gasteiger partial charge in [-0.1, -0.05) is 6.07 Å². The van der Waals surface area contributed by atoms with Gasteiger partial charge >= 0.3 is 5.97 Å². The maximum absolute atomic E-state index is 10.5. The van der Waals surface area contributed by atoms with E-state index in [1.165, 1.54) is 0 Å². The molecule has 0 unspecified atom stereocenters. The quantitative estimate of drug-likeness (QED) is 0.771. The van der Waals surface area contributed by atoms with Gasteiger partial charge in [0.1, 0.15) is 0 Å². The number of carbonyl (C=O) groups is 1. The van der Waals surface area contributed by atoms with Gasteiger partial charge in [-0.05, 0) is 36.6 Å². The van der Waals surface area contributed by atoms with Crippen molar-refractivity contribution in [1.82, 2.24) is 0 Å². The highest BCUT2D eigenvalue weighted by atomic mass is 16.4. The molecule has 0 spiro atoms. The van der Waals surface area contributed by atoms with Crippen molar-refractivity contribution < 1.29 is 9.90 Å². The highest BCUT2D eigenvalue weighted by Gasteiger charge is 2.07. The van der Waals surface area contributed by atoms with Crippen molar-refractivity contribution in [2.75, 3.05) is 0 Å². The molecule has 3 heteroatoms. The minimum atomic E-state index is -0.874. The van der Waals surface area contributed by atoms with Crippen LogP contribution in [0.1, 0.15) is 22.3 Å². The Kier molecular flexibility index (Phi) is 2.88. The van der Waals surface area contributed by atoms with E-state index >= 15 is 0 Å². The maximum Gasteiger partial charge on any atom is 0.307 e. The van der Waals surface area contributed by atoms with Crippen molar-refractivity contribution in [2.24, 2.45) is 0 Å². The Morgan fingerprint density at radius 2 is 2.07 bits per heavy atom. The lowest BCUT2D eigenvalue weighted by atomic mass is 9.99. The average molecular weight is 189 g/mol. The van der Waals surface area contributed by atoms with Crippen molar-refractivity contribution in [3.63, 3.8) is 0 Å². The number of carboxylic acids is 1. The summed E-state index contributed by atoms with van der Waals surface area (Å²) in [5.74, 6) is -0.874. The van der Waals surface area contributed by atoms with Gasteiger partial charge in [0.15, 0.2) is 0 Å². The van der Waals surface area contributed by atoms with Gasteiger partial charge in [0.05, 0.1) is 18.1 Å². The molecule has 0 atom stereocenters. The summed E-state index contributed by atoms with van der Waals surface area (Å²) in [6.45, 7) is 3.70. The maximum atomic E-state index is 10.5. The molecule has 1 rings (SSSR count). The third kappa shape index (κ3) is 2.11. The van der Waals surface area contributed by atoms with Crippen molar-refractivity contribution in [3.8, 4) is 6.07 Å². The monoisotopic (exact) mass is 189 g/mol. The number of benzene rings is 1. The van der Waals surface area contributed by atoms with Crippen LogP contribution >= 0.6 is 0 Å². The second kappa shape index (κ2) is 3.93. The molecule has 0 fully saturated rings. The Bertz CT molecular complexity index is 416. The molecule has 0 aromatic heterocycles. The predicted molar refractivity (Wildman–Crippen MR) is 52.0 cm³/mol. The summed E-state index contributed by atoms with van der Waals surface area (Å²) in [5, 5.41) is 17.4. The fourth-order valence-corrected chi connectivity index (χ4v) is 1.37. The van der Waals surface area contributed by atoms with E-state index in [4.69, 9.17) is 10.4 Å². The van der Waals surface area contributed by atoms with E-state index in [1.807, 2.05) is 26.0 Å². The van der Waals surface area contributed by atoms with Crippen molar-refractivity contribution >= 4 is 5.97 Å². The van der Waals surface area contributed by atoms with Gasteiger partial charge in [0, 0.05) is 0 Å². The zero-order chi connectivity index (χ0) is 10.7. The molecule has 0 bridgehead atoms. The van der Waals surface area contributed by atoms with Crippen LogP contribution < -0.4 is 0 Å². The van der Waals surface area contributed by atoms with Gasteiger partial charge in [-0.2, -0.15) is 5.26 Å². The van der Waals surface area contributed by atoms with Crippen molar-refractivity contribution in [1.29, 1.82) is 5.26 Å². The van der Waals surface area contributed by atoms with Crippen LogP contribution in [0.4, 0.5) is 0 Å². The van der Waals surface area contributed by atoms with Gasteiger partial charge in [-0.3, -0.25) is 4.79 Å². The zero-order valence-electron chi connectivity index (χ0n) is 8.16. The van der Waals surface area contributed by atoms with Crippen LogP contribution in [-0.4, -0.2) is 11.1 Å². The second-order valence-corrected chi connectivity index (χ2v) is 3.28. The molecule has 1 aromatic carbocycles. The molecular weight excluding hydrogens is 178 g/mol. The number of nitriles is 1. The number of hydrogen-bond acceptors (Lipinski definition) is 2. The van der Waals surface area contributed by atoms with Crippen LogP contribution in [0, 0.1) is 25.2 Å². The highest BCUT2D eigenvalue weighted by molar-refractivity contribution is 5.71. The van der Waals surface area contributed by atoms with E-state index in [0.717, 1.165) is 11.1 Å². The molecule has 3 nitrogen and oxygen atoms in total. The minimum Gasteiger partial charge on any atom is -0.481 e. The first kappa shape index (κ1) is 10.3. The Hall–Kier alpha value is -1.82. The fourth-order valence-electron chi connectivity index (χ4n) is 1.37. The third-order valence-electron chi connectivity index (χ3n) is 2.15. The van der Waals surface area contributed by atoms with E-state index in [1.54, 1.807) is 6.07 Å². The summed E-state index contributed by atoms with van der Waals surface area (Å²) in [6, 6.07) is 5.54. The van der Waals surface area contributed by atoms with Crippen LogP contribution in [0.5, 0.6) is 0 Å².